The van der Waals surface area contributed by atoms with Gasteiger partial charge in [-0.2, -0.15) is 4.31 Å². The van der Waals surface area contributed by atoms with Crippen molar-refractivity contribution in [2.75, 3.05) is 31.9 Å². The first-order valence-corrected chi connectivity index (χ1v) is 12.4. The monoisotopic (exact) mass is 406 g/mol. The van der Waals surface area contributed by atoms with Crippen LogP contribution in [0.2, 0.25) is 0 Å². The van der Waals surface area contributed by atoms with Gasteiger partial charge in [-0.15, -0.1) is 0 Å². The summed E-state index contributed by atoms with van der Waals surface area (Å²) in [6, 6.07) is 9.56. The molecule has 0 radical (unpaired) electrons. The Hall–Kier alpha value is -1.24. The minimum atomic E-state index is -3.12. The summed E-state index contributed by atoms with van der Waals surface area (Å²) in [6.45, 7) is 4.63. The fraction of sp³-hybridized carbons (Fsp3) is 0.682. The summed E-state index contributed by atoms with van der Waals surface area (Å²) < 4.78 is 26.4. The predicted molar refractivity (Wildman–Crippen MR) is 113 cm³/mol. The van der Waals surface area contributed by atoms with Crippen LogP contribution in [0.1, 0.15) is 68.6 Å². The van der Waals surface area contributed by atoms with Gasteiger partial charge in [0.1, 0.15) is 0 Å². The first kappa shape index (κ1) is 21.5. The maximum atomic E-state index is 12.7. The lowest BCUT2D eigenvalue weighted by Gasteiger charge is -2.50. The molecule has 0 aromatic heterocycles. The van der Waals surface area contributed by atoms with Crippen LogP contribution in [0.15, 0.2) is 30.3 Å². The van der Waals surface area contributed by atoms with Crippen LogP contribution in [-0.4, -0.2) is 60.9 Å². The molecule has 1 aromatic carbocycles. The summed E-state index contributed by atoms with van der Waals surface area (Å²) in [4.78, 5) is 15.2. The average molecular weight is 407 g/mol. The van der Waals surface area contributed by atoms with Crippen LogP contribution in [0.25, 0.3) is 0 Å². The van der Waals surface area contributed by atoms with E-state index in [0.717, 1.165) is 37.9 Å². The first-order chi connectivity index (χ1) is 13.5. The summed E-state index contributed by atoms with van der Waals surface area (Å²) in [5.41, 5.74) is 0.854. The van der Waals surface area contributed by atoms with Gasteiger partial charge in [-0.1, -0.05) is 56.5 Å². The molecule has 156 valence electrons. The molecular formula is C22H34N2O3S. The van der Waals surface area contributed by atoms with Crippen molar-refractivity contribution in [3.8, 4) is 0 Å². The number of piperazine rings is 1. The van der Waals surface area contributed by atoms with E-state index in [1.807, 2.05) is 37.3 Å². The lowest BCUT2D eigenvalue weighted by molar-refractivity contribution is 0.0165. The molecule has 0 unspecified atom stereocenters. The van der Waals surface area contributed by atoms with Crippen LogP contribution in [-0.2, 0) is 10.0 Å². The summed E-state index contributed by atoms with van der Waals surface area (Å²) in [7, 11) is -3.12. The molecule has 28 heavy (non-hydrogen) atoms. The van der Waals surface area contributed by atoms with Gasteiger partial charge in [0.05, 0.1) is 5.75 Å². The van der Waals surface area contributed by atoms with Crippen LogP contribution in [0.5, 0.6) is 0 Å². The summed E-state index contributed by atoms with van der Waals surface area (Å²) >= 11 is 0. The molecule has 1 aromatic rings. The second kappa shape index (κ2) is 9.51. The molecule has 1 saturated heterocycles. The summed E-state index contributed by atoms with van der Waals surface area (Å²) in [5.74, 6) is 0.457. The van der Waals surface area contributed by atoms with Crippen molar-refractivity contribution in [2.45, 2.75) is 63.8 Å². The third kappa shape index (κ3) is 5.02. The number of nitrogens with zero attached hydrogens (tertiary/aromatic N) is 2. The SMILES string of the molecule is CCCS(=O)(=O)N1CCN(C2(CCC(=O)c3ccccc3)CCCCC2)CC1. The number of benzene rings is 1. The molecule has 3 rings (SSSR count). The van der Waals surface area contributed by atoms with Gasteiger partial charge >= 0.3 is 0 Å². The fourth-order valence-corrected chi connectivity index (χ4v) is 6.37. The van der Waals surface area contributed by atoms with Gasteiger partial charge in [0, 0.05) is 43.7 Å². The van der Waals surface area contributed by atoms with Crippen molar-refractivity contribution in [2.24, 2.45) is 0 Å². The highest BCUT2D eigenvalue weighted by atomic mass is 32.2. The highest BCUT2D eigenvalue weighted by Gasteiger charge is 2.40. The van der Waals surface area contributed by atoms with Gasteiger partial charge in [-0.25, -0.2) is 8.42 Å². The molecule has 1 aliphatic carbocycles. The lowest BCUT2D eigenvalue weighted by atomic mass is 9.76. The van der Waals surface area contributed by atoms with Crippen LogP contribution >= 0.6 is 0 Å². The molecule has 0 spiro atoms. The zero-order valence-corrected chi connectivity index (χ0v) is 17.9. The Bertz CT molecular complexity index is 734. The number of ketones is 1. The van der Waals surface area contributed by atoms with Gasteiger partial charge in [0.2, 0.25) is 10.0 Å². The molecule has 1 heterocycles. The lowest BCUT2D eigenvalue weighted by Crippen LogP contribution is -2.58. The van der Waals surface area contributed by atoms with E-state index in [2.05, 4.69) is 4.90 Å². The van der Waals surface area contributed by atoms with E-state index in [-0.39, 0.29) is 17.1 Å². The number of sulfonamides is 1. The van der Waals surface area contributed by atoms with Crippen molar-refractivity contribution < 1.29 is 13.2 Å². The van der Waals surface area contributed by atoms with Crippen molar-refractivity contribution >= 4 is 15.8 Å². The predicted octanol–water partition coefficient (Wildman–Crippen LogP) is 3.71. The Morgan fingerprint density at radius 1 is 1.00 bits per heavy atom. The van der Waals surface area contributed by atoms with Crippen molar-refractivity contribution in [3.05, 3.63) is 35.9 Å². The molecule has 0 amide bonds. The topological polar surface area (TPSA) is 57.7 Å². The molecule has 0 N–H and O–H groups in total. The Morgan fingerprint density at radius 3 is 2.25 bits per heavy atom. The molecule has 0 atom stereocenters. The number of carbonyl (C=O) groups excluding carboxylic acids is 1. The number of rotatable bonds is 8. The van der Waals surface area contributed by atoms with Crippen molar-refractivity contribution in [1.29, 1.82) is 0 Å². The molecule has 2 fully saturated rings. The van der Waals surface area contributed by atoms with E-state index in [1.54, 1.807) is 4.31 Å². The quantitative estimate of drug-likeness (QED) is 0.618. The van der Waals surface area contributed by atoms with E-state index >= 15 is 0 Å². The summed E-state index contributed by atoms with van der Waals surface area (Å²) in [6.07, 6.45) is 8.02. The van der Waals surface area contributed by atoms with E-state index in [0.29, 0.717) is 25.9 Å². The zero-order valence-electron chi connectivity index (χ0n) is 17.1. The van der Waals surface area contributed by atoms with Crippen molar-refractivity contribution in [3.63, 3.8) is 0 Å². The number of carbonyl (C=O) groups is 1. The third-order valence-corrected chi connectivity index (χ3v) is 8.54. The number of hydrogen-bond donors (Lipinski definition) is 0. The standard InChI is InChI=1S/C22H34N2O3S/c1-2-19-28(26,27)24-17-15-23(16-18-24)22(12-7-4-8-13-22)14-11-21(25)20-9-5-3-6-10-20/h3,5-6,9-10H,2,4,7-8,11-19H2,1H3. The fourth-order valence-electron chi connectivity index (χ4n) is 4.88. The minimum Gasteiger partial charge on any atom is -0.295 e. The second-order valence-electron chi connectivity index (χ2n) is 8.28. The smallest absolute Gasteiger partial charge is 0.214 e. The highest BCUT2D eigenvalue weighted by molar-refractivity contribution is 7.89. The van der Waals surface area contributed by atoms with Gasteiger partial charge in [-0.3, -0.25) is 9.69 Å². The molecule has 6 heteroatoms. The maximum absolute atomic E-state index is 12.7. The largest absolute Gasteiger partial charge is 0.295 e. The van der Waals surface area contributed by atoms with E-state index in [4.69, 9.17) is 0 Å². The third-order valence-electron chi connectivity index (χ3n) is 6.46. The van der Waals surface area contributed by atoms with Crippen molar-refractivity contribution in [1.82, 2.24) is 9.21 Å². The van der Waals surface area contributed by atoms with Gasteiger partial charge in [0.15, 0.2) is 5.78 Å². The Labute approximate surface area is 170 Å². The normalized spacial score (nSPS) is 21.5. The maximum Gasteiger partial charge on any atom is 0.214 e. The van der Waals surface area contributed by atoms with E-state index in [9.17, 15) is 13.2 Å². The summed E-state index contributed by atoms with van der Waals surface area (Å²) in [5, 5.41) is 0. The Morgan fingerprint density at radius 2 is 1.64 bits per heavy atom. The average Bonchev–Trinajstić information content (AvgIpc) is 2.73. The molecule has 5 nitrogen and oxygen atoms in total. The Kier molecular flexibility index (Phi) is 7.29. The number of Topliss-reactive ketones (excluding diaryl/α,β-unsaturated/α-hetero) is 1. The van der Waals surface area contributed by atoms with E-state index in [1.165, 1.54) is 19.3 Å². The zero-order chi connectivity index (χ0) is 20.0. The number of hydrogen-bond acceptors (Lipinski definition) is 4. The Balaban J connectivity index is 1.64. The van der Waals surface area contributed by atoms with Crippen LogP contribution in [0.3, 0.4) is 0 Å². The first-order valence-electron chi connectivity index (χ1n) is 10.8. The van der Waals surface area contributed by atoms with Gasteiger partial charge < -0.3 is 0 Å². The highest BCUT2D eigenvalue weighted by Crippen LogP contribution is 2.38. The molecular weight excluding hydrogens is 372 g/mol. The molecule has 1 saturated carbocycles. The molecule has 2 aliphatic rings. The van der Waals surface area contributed by atoms with E-state index < -0.39 is 10.0 Å². The second-order valence-corrected chi connectivity index (χ2v) is 10.4. The molecule has 1 aliphatic heterocycles. The van der Waals surface area contributed by atoms with Gasteiger partial charge in [0.25, 0.3) is 0 Å². The van der Waals surface area contributed by atoms with Crippen LogP contribution in [0, 0.1) is 0 Å². The molecule has 0 bridgehead atoms. The van der Waals surface area contributed by atoms with Crippen LogP contribution in [0.4, 0.5) is 0 Å². The van der Waals surface area contributed by atoms with Crippen LogP contribution < -0.4 is 0 Å². The van der Waals surface area contributed by atoms with Gasteiger partial charge in [-0.05, 0) is 25.7 Å². The minimum absolute atomic E-state index is 0.0588.